The van der Waals surface area contributed by atoms with Gasteiger partial charge in [0.25, 0.3) is 0 Å². The van der Waals surface area contributed by atoms with Crippen molar-refractivity contribution in [3.05, 3.63) is 11.9 Å². The van der Waals surface area contributed by atoms with E-state index in [1.807, 2.05) is 13.0 Å². The van der Waals surface area contributed by atoms with Crippen molar-refractivity contribution in [2.75, 3.05) is 38.3 Å². The zero-order valence-corrected chi connectivity index (χ0v) is 10.2. The van der Waals surface area contributed by atoms with Crippen molar-refractivity contribution in [2.24, 2.45) is 5.73 Å². The van der Waals surface area contributed by atoms with E-state index in [2.05, 4.69) is 14.9 Å². The van der Waals surface area contributed by atoms with E-state index in [0.29, 0.717) is 24.9 Å². The van der Waals surface area contributed by atoms with Crippen molar-refractivity contribution in [3.8, 4) is 5.88 Å². The molecule has 1 atom stereocenters. The van der Waals surface area contributed by atoms with Gasteiger partial charge in [0.05, 0.1) is 19.8 Å². The highest BCUT2D eigenvalue weighted by Gasteiger charge is 2.21. The molecule has 0 amide bonds. The van der Waals surface area contributed by atoms with Crippen LogP contribution in [0.5, 0.6) is 5.88 Å². The summed E-state index contributed by atoms with van der Waals surface area (Å²) in [5, 5.41) is 0. The highest BCUT2D eigenvalue weighted by atomic mass is 16.5. The van der Waals surface area contributed by atoms with E-state index in [4.69, 9.17) is 15.2 Å². The number of methoxy groups -OCH3 is 1. The maximum atomic E-state index is 5.62. The molecule has 0 bridgehead atoms. The van der Waals surface area contributed by atoms with Gasteiger partial charge in [0.1, 0.15) is 11.6 Å². The third-order valence-corrected chi connectivity index (χ3v) is 2.74. The zero-order valence-electron chi connectivity index (χ0n) is 10.2. The molecule has 2 heterocycles. The second-order valence-electron chi connectivity index (χ2n) is 3.99. The van der Waals surface area contributed by atoms with Crippen molar-refractivity contribution >= 4 is 5.82 Å². The zero-order chi connectivity index (χ0) is 12.3. The fraction of sp³-hybridized carbons (Fsp3) is 0.636. The number of aromatic nitrogens is 2. The predicted molar refractivity (Wildman–Crippen MR) is 64.3 cm³/mol. The third-order valence-electron chi connectivity index (χ3n) is 2.74. The number of hydrogen-bond donors (Lipinski definition) is 1. The third kappa shape index (κ3) is 2.83. The predicted octanol–water partition coefficient (Wildman–Crippen LogP) is -0.0425. The summed E-state index contributed by atoms with van der Waals surface area (Å²) >= 11 is 0. The number of ether oxygens (including phenoxy) is 2. The van der Waals surface area contributed by atoms with Crippen molar-refractivity contribution in [1.82, 2.24) is 9.97 Å². The molecule has 0 aliphatic carbocycles. The molecule has 1 saturated heterocycles. The Balaban J connectivity index is 2.18. The van der Waals surface area contributed by atoms with Crippen LogP contribution < -0.4 is 15.4 Å². The summed E-state index contributed by atoms with van der Waals surface area (Å²) < 4.78 is 10.7. The van der Waals surface area contributed by atoms with E-state index >= 15 is 0 Å². The minimum atomic E-state index is 0.0741. The van der Waals surface area contributed by atoms with Crippen molar-refractivity contribution in [2.45, 2.75) is 13.0 Å². The monoisotopic (exact) mass is 238 g/mol. The molecule has 6 nitrogen and oxygen atoms in total. The Morgan fingerprint density at radius 1 is 1.59 bits per heavy atom. The van der Waals surface area contributed by atoms with Crippen LogP contribution in [0, 0.1) is 6.92 Å². The molecule has 1 fully saturated rings. The molecule has 0 saturated carbocycles. The Kier molecular flexibility index (Phi) is 3.75. The second-order valence-corrected chi connectivity index (χ2v) is 3.99. The molecule has 6 heteroatoms. The molecule has 0 spiro atoms. The van der Waals surface area contributed by atoms with Crippen LogP contribution in [0.15, 0.2) is 6.07 Å². The van der Waals surface area contributed by atoms with E-state index in [1.54, 1.807) is 7.11 Å². The van der Waals surface area contributed by atoms with Gasteiger partial charge in [-0.25, -0.2) is 4.98 Å². The average molecular weight is 238 g/mol. The number of hydrogen-bond acceptors (Lipinski definition) is 6. The molecular formula is C11H18N4O2. The fourth-order valence-corrected chi connectivity index (χ4v) is 1.86. The fourth-order valence-electron chi connectivity index (χ4n) is 1.86. The minimum absolute atomic E-state index is 0.0741. The van der Waals surface area contributed by atoms with Gasteiger partial charge in [-0.05, 0) is 6.92 Å². The lowest BCUT2D eigenvalue weighted by Crippen LogP contribution is -2.46. The Hall–Kier alpha value is -1.40. The van der Waals surface area contributed by atoms with Crippen molar-refractivity contribution < 1.29 is 9.47 Å². The summed E-state index contributed by atoms with van der Waals surface area (Å²) in [4.78, 5) is 10.7. The van der Waals surface area contributed by atoms with Gasteiger partial charge in [0.2, 0.25) is 5.88 Å². The lowest BCUT2D eigenvalue weighted by Gasteiger charge is -2.33. The quantitative estimate of drug-likeness (QED) is 0.796. The SMILES string of the molecule is COc1cc(N2CCOC(CN)C2)nc(C)n1. The summed E-state index contributed by atoms with van der Waals surface area (Å²) in [6, 6.07) is 1.84. The summed E-state index contributed by atoms with van der Waals surface area (Å²) in [5.41, 5.74) is 5.62. The average Bonchev–Trinajstić information content (AvgIpc) is 2.38. The van der Waals surface area contributed by atoms with Crippen LogP contribution in [0.25, 0.3) is 0 Å². The Morgan fingerprint density at radius 3 is 3.12 bits per heavy atom. The molecule has 1 aliphatic rings. The molecule has 1 aromatic heterocycles. The van der Waals surface area contributed by atoms with E-state index in [-0.39, 0.29) is 6.10 Å². The van der Waals surface area contributed by atoms with Crippen LogP contribution in [-0.2, 0) is 4.74 Å². The molecule has 0 radical (unpaired) electrons. The largest absolute Gasteiger partial charge is 0.481 e. The number of nitrogens with two attached hydrogens (primary N) is 1. The second kappa shape index (κ2) is 5.29. The number of aryl methyl sites for hydroxylation is 1. The first-order valence-electron chi connectivity index (χ1n) is 5.69. The van der Waals surface area contributed by atoms with E-state index in [0.717, 1.165) is 18.9 Å². The molecule has 1 aliphatic heterocycles. The van der Waals surface area contributed by atoms with Gasteiger partial charge in [-0.2, -0.15) is 4.98 Å². The summed E-state index contributed by atoms with van der Waals surface area (Å²) in [7, 11) is 1.60. The highest BCUT2D eigenvalue weighted by molar-refractivity contribution is 5.42. The standard InChI is InChI=1S/C11H18N4O2/c1-8-13-10(5-11(14-8)16-2)15-3-4-17-9(6-12)7-15/h5,9H,3-4,6-7,12H2,1-2H3. The molecule has 1 unspecified atom stereocenters. The minimum Gasteiger partial charge on any atom is -0.481 e. The topological polar surface area (TPSA) is 73.5 Å². The Labute approximate surface area is 101 Å². The highest BCUT2D eigenvalue weighted by Crippen LogP contribution is 2.19. The van der Waals surface area contributed by atoms with Crippen molar-refractivity contribution in [1.29, 1.82) is 0 Å². The van der Waals surface area contributed by atoms with Gasteiger partial charge >= 0.3 is 0 Å². The van der Waals surface area contributed by atoms with Crippen LogP contribution in [0.3, 0.4) is 0 Å². The lowest BCUT2D eigenvalue weighted by molar-refractivity contribution is 0.0462. The van der Waals surface area contributed by atoms with Crippen LogP contribution in [0.1, 0.15) is 5.82 Å². The van der Waals surface area contributed by atoms with Crippen molar-refractivity contribution in [3.63, 3.8) is 0 Å². The van der Waals surface area contributed by atoms with Gasteiger partial charge in [-0.3, -0.25) is 0 Å². The smallest absolute Gasteiger partial charge is 0.218 e. The van der Waals surface area contributed by atoms with E-state index in [1.165, 1.54) is 0 Å². The van der Waals surface area contributed by atoms with Crippen LogP contribution in [-0.4, -0.2) is 49.4 Å². The molecule has 1 aromatic rings. The maximum Gasteiger partial charge on any atom is 0.218 e. The van der Waals surface area contributed by atoms with Gasteiger partial charge in [0.15, 0.2) is 0 Å². The molecule has 94 valence electrons. The Bertz CT molecular complexity index is 386. The first-order chi connectivity index (χ1) is 8.22. The first-order valence-corrected chi connectivity index (χ1v) is 5.69. The normalized spacial score (nSPS) is 20.4. The number of anilines is 1. The maximum absolute atomic E-state index is 5.62. The lowest BCUT2D eigenvalue weighted by atomic mass is 10.2. The van der Waals surface area contributed by atoms with Gasteiger partial charge in [0, 0.05) is 25.7 Å². The van der Waals surface area contributed by atoms with E-state index < -0.39 is 0 Å². The molecule has 0 aromatic carbocycles. The van der Waals surface area contributed by atoms with Gasteiger partial charge in [-0.1, -0.05) is 0 Å². The summed E-state index contributed by atoms with van der Waals surface area (Å²) in [6.45, 7) is 4.63. The van der Waals surface area contributed by atoms with Crippen LogP contribution >= 0.6 is 0 Å². The van der Waals surface area contributed by atoms with Gasteiger partial charge < -0.3 is 20.1 Å². The molecule has 2 N–H and O–H groups in total. The molecule has 2 rings (SSSR count). The number of nitrogens with zero attached hydrogens (tertiary/aromatic N) is 3. The Morgan fingerprint density at radius 2 is 2.41 bits per heavy atom. The summed E-state index contributed by atoms with van der Waals surface area (Å²) in [6.07, 6.45) is 0.0741. The number of rotatable bonds is 3. The van der Waals surface area contributed by atoms with Crippen LogP contribution in [0.4, 0.5) is 5.82 Å². The molecular weight excluding hydrogens is 220 g/mol. The van der Waals surface area contributed by atoms with Crippen LogP contribution in [0.2, 0.25) is 0 Å². The van der Waals surface area contributed by atoms with E-state index in [9.17, 15) is 0 Å². The molecule has 17 heavy (non-hydrogen) atoms. The number of morpholine rings is 1. The summed E-state index contributed by atoms with van der Waals surface area (Å²) in [5.74, 6) is 2.16. The first kappa shape index (κ1) is 12.1. The van der Waals surface area contributed by atoms with Gasteiger partial charge in [-0.15, -0.1) is 0 Å².